The van der Waals surface area contributed by atoms with E-state index in [0.29, 0.717) is 11.7 Å². The van der Waals surface area contributed by atoms with Crippen molar-refractivity contribution in [2.75, 3.05) is 0 Å². The molecule has 0 radical (unpaired) electrons. The number of allylic oxidation sites excluding steroid dienone is 6. The SMILES string of the molecule is CC(C)(C)c1cc(O)c(CC=CC2C=CC=CC2)c(C(C)(C)C)c1C(C)(C)C. The monoisotopic (exact) mass is 380 g/mol. The van der Waals surface area contributed by atoms with Gasteiger partial charge in [-0.3, -0.25) is 0 Å². The van der Waals surface area contributed by atoms with Crippen molar-refractivity contribution in [1.82, 2.24) is 0 Å². The fourth-order valence-electron chi connectivity index (χ4n) is 4.22. The number of hydrogen-bond donors (Lipinski definition) is 1. The van der Waals surface area contributed by atoms with Gasteiger partial charge in [0, 0.05) is 5.56 Å². The number of phenols is 1. The second-order valence-electron chi connectivity index (χ2n) is 11.3. The highest BCUT2D eigenvalue weighted by molar-refractivity contribution is 5.57. The summed E-state index contributed by atoms with van der Waals surface area (Å²) in [6, 6.07) is 2.03. The Kier molecular flexibility index (Phi) is 6.38. The lowest BCUT2D eigenvalue weighted by Gasteiger charge is -2.38. The van der Waals surface area contributed by atoms with E-state index in [0.717, 1.165) is 18.4 Å². The van der Waals surface area contributed by atoms with E-state index in [1.165, 1.54) is 16.7 Å². The summed E-state index contributed by atoms with van der Waals surface area (Å²) in [4.78, 5) is 0. The molecule has 0 saturated carbocycles. The lowest BCUT2D eigenvalue weighted by molar-refractivity contribution is 0.446. The van der Waals surface area contributed by atoms with Crippen LogP contribution < -0.4 is 0 Å². The topological polar surface area (TPSA) is 20.2 Å². The summed E-state index contributed by atoms with van der Waals surface area (Å²) >= 11 is 0. The van der Waals surface area contributed by atoms with Crippen molar-refractivity contribution in [2.45, 2.75) is 91.4 Å². The maximum absolute atomic E-state index is 11.1. The Labute approximate surface area is 173 Å². The van der Waals surface area contributed by atoms with Crippen LogP contribution in [0.15, 0.2) is 42.5 Å². The molecular formula is C27H40O. The highest BCUT2D eigenvalue weighted by Crippen LogP contribution is 2.45. The zero-order valence-electron chi connectivity index (χ0n) is 19.5. The Morgan fingerprint density at radius 3 is 1.96 bits per heavy atom. The maximum Gasteiger partial charge on any atom is 0.119 e. The predicted molar refractivity (Wildman–Crippen MR) is 123 cm³/mol. The Morgan fingerprint density at radius 1 is 0.893 bits per heavy atom. The van der Waals surface area contributed by atoms with E-state index in [2.05, 4.69) is 98.8 Å². The number of benzene rings is 1. The molecular weight excluding hydrogens is 340 g/mol. The number of aromatic hydroxyl groups is 1. The minimum Gasteiger partial charge on any atom is -0.508 e. The van der Waals surface area contributed by atoms with Gasteiger partial charge in [-0.1, -0.05) is 98.8 Å². The molecule has 0 heterocycles. The van der Waals surface area contributed by atoms with Gasteiger partial charge in [-0.2, -0.15) is 0 Å². The van der Waals surface area contributed by atoms with E-state index in [4.69, 9.17) is 0 Å². The quantitative estimate of drug-likeness (QED) is 0.538. The average molecular weight is 381 g/mol. The predicted octanol–water partition coefficient (Wildman–Crippen LogP) is 7.52. The van der Waals surface area contributed by atoms with Gasteiger partial charge in [-0.25, -0.2) is 0 Å². The van der Waals surface area contributed by atoms with Crippen LogP contribution in [-0.2, 0) is 22.7 Å². The highest BCUT2D eigenvalue weighted by atomic mass is 16.3. The largest absolute Gasteiger partial charge is 0.508 e. The van der Waals surface area contributed by atoms with Gasteiger partial charge in [0.05, 0.1) is 0 Å². The Balaban J connectivity index is 2.63. The van der Waals surface area contributed by atoms with Crippen molar-refractivity contribution in [2.24, 2.45) is 5.92 Å². The van der Waals surface area contributed by atoms with Crippen molar-refractivity contribution in [3.63, 3.8) is 0 Å². The van der Waals surface area contributed by atoms with E-state index < -0.39 is 0 Å². The molecule has 154 valence electrons. The van der Waals surface area contributed by atoms with Crippen molar-refractivity contribution < 1.29 is 5.11 Å². The van der Waals surface area contributed by atoms with Crippen molar-refractivity contribution in [1.29, 1.82) is 0 Å². The number of phenolic OH excluding ortho intramolecular Hbond substituents is 1. The van der Waals surface area contributed by atoms with Gasteiger partial charge >= 0.3 is 0 Å². The van der Waals surface area contributed by atoms with Gasteiger partial charge in [0.25, 0.3) is 0 Å². The lowest BCUT2D eigenvalue weighted by Crippen LogP contribution is -2.29. The molecule has 0 saturated heterocycles. The third-order valence-electron chi connectivity index (χ3n) is 5.44. The Hall–Kier alpha value is -1.76. The van der Waals surface area contributed by atoms with Crippen LogP contribution in [0, 0.1) is 5.92 Å². The van der Waals surface area contributed by atoms with Crippen LogP contribution in [0.2, 0.25) is 0 Å². The van der Waals surface area contributed by atoms with Crippen LogP contribution in [0.5, 0.6) is 5.75 Å². The van der Waals surface area contributed by atoms with E-state index in [9.17, 15) is 5.11 Å². The van der Waals surface area contributed by atoms with E-state index in [1.807, 2.05) is 6.07 Å². The summed E-state index contributed by atoms with van der Waals surface area (Å²) in [5, 5.41) is 11.1. The molecule has 1 nitrogen and oxygen atoms in total. The first-order valence-electron chi connectivity index (χ1n) is 10.6. The van der Waals surface area contributed by atoms with Crippen LogP contribution >= 0.6 is 0 Å². The van der Waals surface area contributed by atoms with Gasteiger partial charge in [0.2, 0.25) is 0 Å². The van der Waals surface area contributed by atoms with Gasteiger partial charge in [0.15, 0.2) is 0 Å². The Morgan fingerprint density at radius 2 is 1.50 bits per heavy atom. The summed E-state index contributed by atoms with van der Waals surface area (Å²) in [5.74, 6) is 0.896. The van der Waals surface area contributed by atoms with Crippen molar-refractivity contribution in [3.8, 4) is 5.75 Å². The minimum absolute atomic E-state index is 0.00823. The molecule has 1 aromatic carbocycles. The van der Waals surface area contributed by atoms with Gasteiger partial charge in [-0.15, -0.1) is 0 Å². The molecule has 0 aromatic heterocycles. The Bertz CT molecular complexity index is 784. The molecule has 0 spiro atoms. The second kappa shape index (κ2) is 7.93. The zero-order chi connectivity index (χ0) is 21.3. The third-order valence-corrected chi connectivity index (χ3v) is 5.44. The first-order chi connectivity index (χ1) is 12.7. The van der Waals surface area contributed by atoms with Crippen LogP contribution in [0.3, 0.4) is 0 Å². The molecule has 1 heteroatoms. The molecule has 1 aliphatic carbocycles. The molecule has 2 rings (SSSR count). The molecule has 1 aromatic rings. The molecule has 0 bridgehead atoms. The normalized spacial score (nSPS) is 18.2. The maximum atomic E-state index is 11.1. The van der Waals surface area contributed by atoms with Crippen LogP contribution in [-0.4, -0.2) is 5.11 Å². The standard InChI is InChI=1S/C27H40O/c1-25(2,3)21-18-22(28)20(17-13-16-19-14-11-10-12-15-19)23(26(4,5)6)24(21)27(7,8)9/h10-14,16,18-19,28H,15,17H2,1-9H3. The van der Waals surface area contributed by atoms with Crippen LogP contribution in [0.1, 0.15) is 91.0 Å². The molecule has 1 aliphatic rings. The molecule has 28 heavy (non-hydrogen) atoms. The average Bonchev–Trinajstić information content (AvgIpc) is 2.53. The third kappa shape index (κ3) is 5.19. The first kappa shape index (κ1) is 22.5. The zero-order valence-corrected chi connectivity index (χ0v) is 19.5. The molecule has 1 unspecified atom stereocenters. The molecule has 1 atom stereocenters. The fourth-order valence-corrected chi connectivity index (χ4v) is 4.22. The summed E-state index contributed by atoms with van der Waals surface area (Å²) < 4.78 is 0. The fraction of sp³-hybridized carbons (Fsp3) is 0.556. The number of hydrogen-bond acceptors (Lipinski definition) is 1. The van der Waals surface area contributed by atoms with E-state index in [1.54, 1.807) is 0 Å². The second-order valence-corrected chi connectivity index (χ2v) is 11.3. The van der Waals surface area contributed by atoms with Crippen molar-refractivity contribution >= 4 is 0 Å². The summed E-state index contributed by atoms with van der Waals surface area (Å²) in [7, 11) is 0. The van der Waals surface area contributed by atoms with Gasteiger partial charge < -0.3 is 5.11 Å². The molecule has 0 aliphatic heterocycles. The van der Waals surface area contributed by atoms with E-state index >= 15 is 0 Å². The summed E-state index contributed by atoms with van der Waals surface area (Å²) in [6.07, 6.45) is 15.0. The summed E-state index contributed by atoms with van der Waals surface area (Å²) in [6.45, 7) is 20.4. The summed E-state index contributed by atoms with van der Waals surface area (Å²) in [5.41, 5.74) is 5.00. The van der Waals surface area contributed by atoms with Gasteiger partial charge in [-0.05, 0) is 57.8 Å². The minimum atomic E-state index is -0.0436. The van der Waals surface area contributed by atoms with Gasteiger partial charge in [0.1, 0.15) is 5.75 Å². The molecule has 0 amide bonds. The lowest BCUT2D eigenvalue weighted by atomic mass is 9.67. The van der Waals surface area contributed by atoms with Crippen LogP contribution in [0.4, 0.5) is 0 Å². The van der Waals surface area contributed by atoms with Crippen LogP contribution in [0.25, 0.3) is 0 Å². The first-order valence-corrected chi connectivity index (χ1v) is 10.6. The van der Waals surface area contributed by atoms with Crippen molar-refractivity contribution in [3.05, 3.63) is 64.8 Å². The number of rotatable bonds is 3. The molecule has 1 N–H and O–H groups in total. The molecule has 0 fully saturated rings. The van der Waals surface area contributed by atoms with E-state index in [-0.39, 0.29) is 16.2 Å². The highest BCUT2D eigenvalue weighted by Gasteiger charge is 2.34. The smallest absolute Gasteiger partial charge is 0.119 e.